The SMILES string of the molecule is CCCC(NC(=O)c1cn2cc(F)ccc2n1)C(=O)O. The predicted molar refractivity (Wildman–Crippen MR) is 68.9 cm³/mol. The van der Waals surface area contributed by atoms with Gasteiger partial charge in [0, 0.05) is 12.4 Å². The molecule has 0 aliphatic heterocycles. The third-order valence-electron chi connectivity index (χ3n) is 2.83. The fraction of sp³-hybridized carbons (Fsp3) is 0.308. The van der Waals surface area contributed by atoms with E-state index in [4.69, 9.17) is 5.11 Å². The molecule has 20 heavy (non-hydrogen) atoms. The third-order valence-corrected chi connectivity index (χ3v) is 2.83. The number of rotatable bonds is 5. The first kappa shape index (κ1) is 14.0. The Kier molecular flexibility index (Phi) is 3.97. The van der Waals surface area contributed by atoms with Gasteiger partial charge in [-0.1, -0.05) is 13.3 Å². The molecule has 0 saturated carbocycles. The van der Waals surface area contributed by atoms with Gasteiger partial charge in [-0.25, -0.2) is 14.2 Å². The molecule has 6 nitrogen and oxygen atoms in total. The number of hydrogen-bond acceptors (Lipinski definition) is 3. The topological polar surface area (TPSA) is 83.7 Å². The monoisotopic (exact) mass is 279 g/mol. The number of carboxylic acid groups (broad SMARTS) is 1. The molecule has 2 heterocycles. The largest absolute Gasteiger partial charge is 0.480 e. The van der Waals surface area contributed by atoms with Crippen LogP contribution in [0.5, 0.6) is 0 Å². The van der Waals surface area contributed by atoms with Crippen molar-refractivity contribution < 1.29 is 19.1 Å². The van der Waals surface area contributed by atoms with Gasteiger partial charge in [-0.05, 0) is 18.6 Å². The summed E-state index contributed by atoms with van der Waals surface area (Å²) < 4.78 is 14.4. The second-order valence-electron chi connectivity index (χ2n) is 4.39. The Hall–Kier alpha value is -2.44. The fourth-order valence-electron chi connectivity index (χ4n) is 1.85. The van der Waals surface area contributed by atoms with Gasteiger partial charge in [-0.2, -0.15) is 0 Å². The van der Waals surface area contributed by atoms with E-state index in [1.807, 2.05) is 6.92 Å². The molecule has 1 amide bonds. The molecule has 106 valence electrons. The zero-order valence-corrected chi connectivity index (χ0v) is 10.8. The number of aliphatic carboxylic acids is 1. The molecule has 1 unspecified atom stereocenters. The number of fused-ring (bicyclic) bond motifs is 1. The van der Waals surface area contributed by atoms with Crippen molar-refractivity contribution in [3.8, 4) is 0 Å². The molecule has 0 bridgehead atoms. The number of aromatic nitrogens is 2. The van der Waals surface area contributed by atoms with Crippen LogP contribution in [0.1, 0.15) is 30.3 Å². The summed E-state index contributed by atoms with van der Waals surface area (Å²) in [7, 11) is 0. The fourth-order valence-corrected chi connectivity index (χ4v) is 1.85. The molecule has 2 rings (SSSR count). The zero-order valence-electron chi connectivity index (χ0n) is 10.8. The highest BCUT2D eigenvalue weighted by molar-refractivity contribution is 5.95. The van der Waals surface area contributed by atoms with Crippen molar-refractivity contribution in [2.45, 2.75) is 25.8 Å². The molecule has 0 saturated heterocycles. The number of hydrogen-bond donors (Lipinski definition) is 2. The maximum atomic E-state index is 13.0. The first-order valence-corrected chi connectivity index (χ1v) is 6.19. The van der Waals surface area contributed by atoms with Crippen molar-refractivity contribution in [3.05, 3.63) is 36.0 Å². The molecule has 2 aromatic rings. The summed E-state index contributed by atoms with van der Waals surface area (Å²) in [6.07, 6.45) is 3.52. The first-order chi connectivity index (χ1) is 9.51. The zero-order chi connectivity index (χ0) is 14.7. The average molecular weight is 279 g/mol. The number of carboxylic acids is 1. The molecule has 2 aromatic heterocycles. The normalized spacial score (nSPS) is 12.3. The predicted octanol–water partition coefficient (Wildman–Crippen LogP) is 1.46. The summed E-state index contributed by atoms with van der Waals surface area (Å²) in [5.74, 6) is -2.12. The van der Waals surface area contributed by atoms with Gasteiger partial charge >= 0.3 is 5.97 Å². The highest BCUT2D eigenvalue weighted by Gasteiger charge is 2.21. The van der Waals surface area contributed by atoms with Gasteiger partial charge in [-0.3, -0.25) is 4.79 Å². The van der Waals surface area contributed by atoms with Crippen LogP contribution in [0.15, 0.2) is 24.5 Å². The first-order valence-electron chi connectivity index (χ1n) is 6.19. The second kappa shape index (κ2) is 5.68. The Morgan fingerprint density at radius 2 is 2.20 bits per heavy atom. The molecule has 0 aliphatic carbocycles. The summed E-state index contributed by atoms with van der Waals surface area (Å²) in [6.45, 7) is 1.83. The van der Waals surface area contributed by atoms with Crippen molar-refractivity contribution in [1.82, 2.24) is 14.7 Å². The molecule has 0 radical (unpaired) electrons. The van der Waals surface area contributed by atoms with E-state index >= 15 is 0 Å². The van der Waals surface area contributed by atoms with E-state index in [1.54, 1.807) is 0 Å². The maximum absolute atomic E-state index is 13.0. The van der Waals surface area contributed by atoms with E-state index in [-0.39, 0.29) is 5.69 Å². The number of halogens is 1. The molecular weight excluding hydrogens is 265 g/mol. The Balaban J connectivity index is 2.20. The van der Waals surface area contributed by atoms with Crippen molar-refractivity contribution in [3.63, 3.8) is 0 Å². The number of imidazole rings is 1. The number of nitrogens with one attached hydrogen (secondary N) is 1. The summed E-state index contributed by atoms with van der Waals surface area (Å²) >= 11 is 0. The van der Waals surface area contributed by atoms with Crippen LogP contribution in [0, 0.1) is 5.82 Å². The minimum atomic E-state index is -1.09. The standard InChI is InChI=1S/C13H14FN3O3/c1-2-3-9(13(19)20)16-12(18)10-7-17-6-8(14)4-5-11(17)15-10/h4-7,9H,2-3H2,1H3,(H,16,18)(H,19,20). The molecule has 0 fully saturated rings. The van der Waals surface area contributed by atoms with Crippen LogP contribution in [0.3, 0.4) is 0 Å². The Morgan fingerprint density at radius 3 is 2.85 bits per heavy atom. The van der Waals surface area contributed by atoms with Gasteiger partial charge in [-0.15, -0.1) is 0 Å². The number of carbonyl (C=O) groups excluding carboxylic acids is 1. The molecule has 0 spiro atoms. The van der Waals surface area contributed by atoms with E-state index < -0.39 is 23.7 Å². The molecule has 1 atom stereocenters. The van der Waals surface area contributed by atoms with Crippen LogP contribution < -0.4 is 5.32 Å². The van der Waals surface area contributed by atoms with E-state index in [1.165, 1.54) is 28.9 Å². The smallest absolute Gasteiger partial charge is 0.326 e. The third kappa shape index (κ3) is 2.93. The minimum absolute atomic E-state index is 0.0537. The van der Waals surface area contributed by atoms with Crippen molar-refractivity contribution in [1.29, 1.82) is 0 Å². The van der Waals surface area contributed by atoms with Crippen LogP contribution in [0.2, 0.25) is 0 Å². The van der Waals surface area contributed by atoms with Crippen molar-refractivity contribution in [2.75, 3.05) is 0 Å². The van der Waals surface area contributed by atoms with Crippen LogP contribution in [0.4, 0.5) is 4.39 Å². The molecule has 0 aliphatic rings. The second-order valence-corrected chi connectivity index (χ2v) is 4.39. The Morgan fingerprint density at radius 1 is 1.45 bits per heavy atom. The number of nitrogens with zero attached hydrogens (tertiary/aromatic N) is 2. The van der Waals surface area contributed by atoms with Crippen molar-refractivity contribution in [2.24, 2.45) is 0 Å². The van der Waals surface area contributed by atoms with E-state index in [0.29, 0.717) is 18.5 Å². The molecule has 7 heteroatoms. The number of carbonyl (C=O) groups is 2. The summed E-state index contributed by atoms with van der Waals surface area (Å²) in [5.41, 5.74) is 0.469. The van der Waals surface area contributed by atoms with Gasteiger partial charge < -0.3 is 14.8 Å². The Bertz CT molecular complexity index is 653. The van der Waals surface area contributed by atoms with Crippen LogP contribution >= 0.6 is 0 Å². The quantitative estimate of drug-likeness (QED) is 0.867. The van der Waals surface area contributed by atoms with E-state index in [0.717, 1.165) is 0 Å². The van der Waals surface area contributed by atoms with Gasteiger partial charge in [0.2, 0.25) is 0 Å². The summed E-state index contributed by atoms with van der Waals surface area (Å²) in [6, 6.07) is 1.72. The van der Waals surface area contributed by atoms with Crippen LogP contribution in [0.25, 0.3) is 5.65 Å². The van der Waals surface area contributed by atoms with E-state index in [2.05, 4.69) is 10.3 Å². The summed E-state index contributed by atoms with van der Waals surface area (Å²) in [4.78, 5) is 26.9. The number of amides is 1. The maximum Gasteiger partial charge on any atom is 0.326 e. The van der Waals surface area contributed by atoms with Crippen molar-refractivity contribution >= 4 is 17.5 Å². The lowest BCUT2D eigenvalue weighted by molar-refractivity contribution is -0.139. The van der Waals surface area contributed by atoms with Gasteiger partial charge in [0.25, 0.3) is 5.91 Å². The molecular formula is C13H14FN3O3. The van der Waals surface area contributed by atoms with Gasteiger partial charge in [0.05, 0.1) is 0 Å². The van der Waals surface area contributed by atoms with Crippen LogP contribution in [-0.2, 0) is 4.79 Å². The summed E-state index contributed by atoms with van der Waals surface area (Å²) in [5, 5.41) is 11.4. The lowest BCUT2D eigenvalue weighted by Crippen LogP contribution is -2.40. The number of pyridine rings is 1. The minimum Gasteiger partial charge on any atom is -0.480 e. The lowest BCUT2D eigenvalue weighted by Gasteiger charge is -2.11. The Labute approximate surface area is 114 Å². The average Bonchev–Trinajstić information content (AvgIpc) is 2.80. The van der Waals surface area contributed by atoms with Gasteiger partial charge in [0.15, 0.2) is 0 Å². The molecule has 0 aromatic carbocycles. The van der Waals surface area contributed by atoms with E-state index in [9.17, 15) is 14.0 Å². The lowest BCUT2D eigenvalue weighted by atomic mass is 10.1. The van der Waals surface area contributed by atoms with Crippen LogP contribution in [-0.4, -0.2) is 32.4 Å². The molecule has 2 N–H and O–H groups in total. The highest BCUT2D eigenvalue weighted by Crippen LogP contribution is 2.08. The highest BCUT2D eigenvalue weighted by atomic mass is 19.1. The van der Waals surface area contributed by atoms with Gasteiger partial charge in [0.1, 0.15) is 23.2 Å².